The highest BCUT2D eigenvalue weighted by Crippen LogP contribution is 2.65. The second-order valence-corrected chi connectivity index (χ2v) is 12.2. The molecule has 31 heavy (non-hydrogen) atoms. The molecule has 0 heterocycles. The zero-order valence-corrected chi connectivity index (χ0v) is 20.5. The number of hydrogen-bond acceptors (Lipinski definition) is 3. The second kappa shape index (κ2) is 8.36. The molecule has 0 aliphatic heterocycles. The number of fused-ring (bicyclic) bond motifs is 5. The second-order valence-electron chi connectivity index (χ2n) is 12.2. The van der Waals surface area contributed by atoms with Crippen molar-refractivity contribution >= 4 is 5.97 Å². The Morgan fingerprint density at radius 2 is 1.87 bits per heavy atom. The minimum absolute atomic E-state index is 0.0698. The molecule has 0 bridgehead atoms. The Labute approximate surface area is 189 Å². The monoisotopic (exact) mass is 428 g/mol. The van der Waals surface area contributed by atoms with Crippen LogP contribution < -0.4 is 0 Å². The molecule has 4 aliphatic carbocycles. The van der Waals surface area contributed by atoms with Crippen molar-refractivity contribution in [3.05, 3.63) is 23.3 Å². The van der Waals surface area contributed by atoms with Crippen LogP contribution in [0.1, 0.15) is 105 Å². The lowest BCUT2D eigenvalue weighted by Gasteiger charge is -2.55. The molecule has 0 aromatic carbocycles. The van der Waals surface area contributed by atoms with E-state index in [1.807, 2.05) is 13.8 Å². The Morgan fingerprint density at radius 1 is 1.10 bits per heavy atom. The zero-order chi connectivity index (χ0) is 22.4. The highest BCUT2D eigenvalue weighted by Gasteiger charge is 2.56. The summed E-state index contributed by atoms with van der Waals surface area (Å²) in [6.45, 7) is 10.5. The predicted octanol–water partition coefficient (Wildman–Crippen LogP) is 6.75. The molecule has 0 spiro atoms. The number of ether oxygens (including phenoxy) is 1. The van der Waals surface area contributed by atoms with Crippen molar-refractivity contribution in [3.8, 4) is 0 Å². The molecule has 0 unspecified atom stereocenters. The number of unbranched alkanes of at least 4 members (excludes halogenated alkanes) is 1. The summed E-state index contributed by atoms with van der Waals surface area (Å²) in [5.74, 6) is 2.11. The third-order valence-electron chi connectivity index (χ3n) is 9.65. The molecule has 174 valence electrons. The van der Waals surface area contributed by atoms with E-state index < -0.39 is 5.60 Å². The molecule has 0 aromatic rings. The van der Waals surface area contributed by atoms with Crippen molar-refractivity contribution in [2.45, 2.75) is 117 Å². The van der Waals surface area contributed by atoms with Crippen LogP contribution in [0.5, 0.6) is 0 Å². The van der Waals surface area contributed by atoms with E-state index >= 15 is 0 Å². The number of carbonyl (C=O) groups excluding carboxylic acids is 1. The van der Waals surface area contributed by atoms with Crippen molar-refractivity contribution in [2.75, 3.05) is 0 Å². The first kappa shape index (κ1) is 23.1. The van der Waals surface area contributed by atoms with Gasteiger partial charge in [-0.2, -0.15) is 0 Å². The van der Waals surface area contributed by atoms with Crippen LogP contribution in [0, 0.1) is 28.6 Å². The molecule has 0 amide bonds. The van der Waals surface area contributed by atoms with Crippen LogP contribution in [0.15, 0.2) is 23.3 Å². The number of rotatable bonds is 6. The van der Waals surface area contributed by atoms with E-state index in [-0.39, 0.29) is 17.5 Å². The van der Waals surface area contributed by atoms with Crippen molar-refractivity contribution in [1.29, 1.82) is 0 Å². The van der Waals surface area contributed by atoms with Crippen LogP contribution in [0.3, 0.4) is 0 Å². The van der Waals surface area contributed by atoms with Crippen LogP contribution in [-0.4, -0.2) is 22.8 Å². The number of esters is 1. The van der Waals surface area contributed by atoms with Gasteiger partial charge in [-0.25, -0.2) is 0 Å². The predicted molar refractivity (Wildman–Crippen MR) is 125 cm³/mol. The van der Waals surface area contributed by atoms with Crippen molar-refractivity contribution < 1.29 is 14.6 Å². The molecule has 0 saturated heterocycles. The Hall–Kier alpha value is -1.09. The van der Waals surface area contributed by atoms with Gasteiger partial charge < -0.3 is 9.84 Å². The highest BCUT2D eigenvalue weighted by atomic mass is 16.5. The van der Waals surface area contributed by atoms with Gasteiger partial charge in [0.05, 0.1) is 5.60 Å². The fraction of sp³-hybridized carbons (Fsp3) is 0.821. The van der Waals surface area contributed by atoms with Gasteiger partial charge in [0.25, 0.3) is 0 Å². The van der Waals surface area contributed by atoms with Gasteiger partial charge in [0.15, 0.2) is 0 Å². The lowest BCUT2D eigenvalue weighted by atomic mass is 9.50. The van der Waals surface area contributed by atoms with Gasteiger partial charge in [-0.1, -0.05) is 50.0 Å². The normalized spacial score (nSPS) is 39.7. The summed E-state index contributed by atoms with van der Waals surface area (Å²) in [5.41, 5.74) is 3.44. The third-order valence-corrected chi connectivity index (χ3v) is 9.65. The van der Waals surface area contributed by atoms with Crippen LogP contribution in [-0.2, 0) is 9.53 Å². The Morgan fingerprint density at radius 3 is 2.58 bits per heavy atom. The van der Waals surface area contributed by atoms with E-state index in [0.29, 0.717) is 11.3 Å². The summed E-state index contributed by atoms with van der Waals surface area (Å²) >= 11 is 0. The topological polar surface area (TPSA) is 46.5 Å². The van der Waals surface area contributed by atoms with Crippen LogP contribution >= 0.6 is 0 Å². The average molecular weight is 429 g/mol. The summed E-state index contributed by atoms with van der Waals surface area (Å²) in [5, 5.41) is 10.0. The fourth-order valence-electron chi connectivity index (χ4n) is 7.83. The summed E-state index contributed by atoms with van der Waals surface area (Å²) in [6.07, 6.45) is 18.0. The molecular formula is C28H44O3. The Bertz CT molecular complexity index is 757. The maximum atomic E-state index is 11.4. The fourth-order valence-corrected chi connectivity index (χ4v) is 7.83. The number of carbonyl (C=O) groups is 1. The SMILES string of the molecule is CC(=O)O[C@@H]1CC[C@@]2(C)C(=CC=C3[C@@H]4CC[C@H](CCCCC(C)(C)O)[C@@]4(C)CC[C@@H]32)C1. The maximum absolute atomic E-state index is 11.4. The molecule has 4 aliphatic rings. The molecule has 0 aromatic heterocycles. The van der Waals surface area contributed by atoms with Crippen LogP contribution in [0.25, 0.3) is 0 Å². The lowest BCUT2D eigenvalue weighted by molar-refractivity contribution is -0.148. The summed E-state index contributed by atoms with van der Waals surface area (Å²) in [7, 11) is 0. The van der Waals surface area contributed by atoms with E-state index in [0.717, 1.165) is 43.9 Å². The van der Waals surface area contributed by atoms with Gasteiger partial charge in [-0.05, 0) is 93.8 Å². The van der Waals surface area contributed by atoms with E-state index in [9.17, 15) is 9.90 Å². The molecular weight excluding hydrogens is 384 g/mol. The molecule has 3 saturated carbocycles. The molecule has 3 nitrogen and oxygen atoms in total. The van der Waals surface area contributed by atoms with Gasteiger partial charge in [0, 0.05) is 13.3 Å². The van der Waals surface area contributed by atoms with Crippen molar-refractivity contribution in [3.63, 3.8) is 0 Å². The quantitative estimate of drug-likeness (QED) is 0.376. The van der Waals surface area contributed by atoms with E-state index in [1.54, 1.807) is 5.57 Å². The first-order valence-electron chi connectivity index (χ1n) is 12.8. The maximum Gasteiger partial charge on any atom is 0.302 e. The number of allylic oxidation sites excluding steroid dienone is 3. The largest absolute Gasteiger partial charge is 0.462 e. The van der Waals surface area contributed by atoms with Gasteiger partial charge in [-0.15, -0.1) is 0 Å². The molecule has 4 rings (SSSR count). The Balaban J connectivity index is 1.46. The number of hydrogen-bond donors (Lipinski definition) is 1. The third kappa shape index (κ3) is 4.41. The molecule has 0 radical (unpaired) electrons. The summed E-state index contributed by atoms with van der Waals surface area (Å²) < 4.78 is 5.57. The molecule has 6 atom stereocenters. The smallest absolute Gasteiger partial charge is 0.302 e. The average Bonchev–Trinajstić information content (AvgIpc) is 3.01. The first-order valence-corrected chi connectivity index (χ1v) is 12.8. The minimum Gasteiger partial charge on any atom is -0.462 e. The zero-order valence-electron chi connectivity index (χ0n) is 20.5. The van der Waals surface area contributed by atoms with Gasteiger partial charge >= 0.3 is 5.97 Å². The van der Waals surface area contributed by atoms with Crippen molar-refractivity contribution in [2.24, 2.45) is 28.6 Å². The van der Waals surface area contributed by atoms with Crippen LogP contribution in [0.2, 0.25) is 0 Å². The van der Waals surface area contributed by atoms with E-state index in [1.165, 1.54) is 51.0 Å². The summed E-state index contributed by atoms with van der Waals surface area (Å²) in [4.78, 5) is 11.4. The molecule has 3 heteroatoms. The highest BCUT2D eigenvalue weighted by molar-refractivity contribution is 5.66. The number of aliphatic hydroxyl groups is 1. The Kier molecular flexibility index (Phi) is 6.22. The first-order chi connectivity index (χ1) is 14.5. The lowest BCUT2D eigenvalue weighted by Crippen LogP contribution is -2.46. The summed E-state index contributed by atoms with van der Waals surface area (Å²) in [6, 6.07) is 0. The molecule has 1 N–H and O–H groups in total. The molecule has 3 fully saturated rings. The standard InChI is InChI=1S/C28H44O3/c1-19(29)31-22-13-16-28(5)21(18-22)9-11-23-24-12-10-20(8-6-7-15-26(2,3)30)27(24,4)17-14-25(23)28/h9,11,20,22,24-25,30H,6-8,10,12-18H2,1-5H3/t20-,22+,24-,25-,27+,28-/m0/s1. The van der Waals surface area contributed by atoms with Gasteiger partial charge in [0.2, 0.25) is 0 Å². The van der Waals surface area contributed by atoms with Gasteiger partial charge in [-0.3, -0.25) is 4.79 Å². The van der Waals surface area contributed by atoms with E-state index in [4.69, 9.17) is 4.74 Å². The van der Waals surface area contributed by atoms with E-state index in [2.05, 4.69) is 26.0 Å². The van der Waals surface area contributed by atoms with Crippen LogP contribution in [0.4, 0.5) is 0 Å². The minimum atomic E-state index is -0.527. The van der Waals surface area contributed by atoms with Gasteiger partial charge in [0.1, 0.15) is 6.10 Å². The van der Waals surface area contributed by atoms with Crippen molar-refractivity contribution in [1.82, 2.24) is 0 Å².